The number of unbranched alkanes of at least 4 members (excludes halogenated alkanes) is 45. The molecule has 0 aliphatic heterocycles. The molecular weight excluding hydrogens is 1290 g/mol. The zero-order valence-corrected chi connectivity index (χ0v) is 66.8. The van der Waals surface area contributed by atoms with E-state index < -0.39 is 97.5 Å². The Morgan fingerprint density at radius 2 is 0.515 bits per heavy atom. The predicted molar refractivity (Wildman–Crippen MR) is 405 cm³/mol. The van der Waals surface area contributed by atoms with Crippen molar-refractivity contribution in [3.05, 3.63) is 0 Å². The minimum absolute atomic E-state index is 0.105. The molecule has 0 radical (unpaired) electrons. The third-order valence-corrected chi connectivity index (χ3v) is 20.9. The van der Waals surface area contributed by atoms with Crippen LogP contribution in [0.3, 0.4) is 0 Å². The number of ether oxygens (including phenoxy) is 4. The summed E-state index contributed by atoms with van der Waals surface area (Å²) < 4.78 is 68.7. The molecule has 0 rings (SSSR count). The Hall–Kier alpha value is -1.94. The minimum Gasteiger partial charge on any atom is -0.462 e. The van der Waals surface area contributed by atoms with E-state index in [0.717, 1.165) is 108 Å². The summed E-state index contributed by atoms with van der Waals surface area (Å²) >= 11 is 0. The van der Waals surface area contributed by atoms with Crippen molar-refractivity contribution in [2.24, 2.45) is 17.8 Å². The minimum atomic E-state index is -4.96. The molecule has 99 heavy (non-hydrogen) atoms. The normalized spacial score (nSPS) is 14.3. The Labute approximate surface area is 607 Å². The number of phosphoric ester groups is 2. The average Bonchev–Trinajstić information content (AvgIpc) is 3.47. The van der Waals surface area contributed by atoms with E-state index in [9.17, 15) is 43.2 Å². The van der Waals surface area contributed by atoms with E-state index in [4.69, 9.17) is 37.0 Å². The fourth-order valence-electron chi connectivity index (χ4n) is 12.3. The lowest BCUT2D eigenvalue weighted by Gasteiger charge is -2.21. The van der Waals surface area contributed by atoms with E-state index in [1.54, 1.807) is 0 Å². The zero-order valence-electron chi connectivity index (χ0n) is 65.0. The summed E-state index contributed by atoms with van der Waals surface area (Å²) in [4.78, 5) is 73.0. The molecule has 0 bridgehead atoms. The van der Waals surface area contributed by atoms with Gasteiger partial charge in [0.15, 0.2) is 12.2 Å². The summed E-state index contributed by atoms with van der Waals surface area (Å²) in [6.07, 6.45) is 58.2. The summed E-state index contributed by atoms with van der Waals surface area (Å²) in [6, 6.07) is 0. The quantitative estimate of drug-likeness (QED) is 0.0222. The Bertz CT molecular complexity index is 1920. The third-order valence-electron chi connectivity index (χ3n) is 19.0. The molecule has 0 aromatic heterocycles. The van der Waals surface area contributed by atoms with E-state index in [0.29, 0.717) is 25.7 Å². The molecule has 0 aliphatic carbocycles. The fourth-order valence-corrected chi connectivity index (χ4v) is 13.9. The van der Waals surface area contributed by atoms with Crippen molar-refractivity contribution in [3.63, 3.8) is 0 Å². The van der Waals surface area contributed by atoms with Crippen molar-refractivity contribution >= 4 is 39.5 Å². The van der Waals surface area contributed by atoms with Crippen molar-refractivity contribution in [3.8, 4) is 0 Å². The van der Waals surface area contributed by atoms with Crippen LogP contribution in [-0.4, -0.2) is 96.7 Å². The van der Waals surface area contributed by atoms with Crippen LogP contribution >= 0.6 is 15.6 Å². The number of rotatable bonds is 78. The lowest BCUT2D eigenvalue weighted by atomic mass is 9.99. The van der Waals surface area contributed by atoms with Crippen LogP contribution in [-0.2, 0) is 65.4 Å². The van der Waals surface area contributed by atoms with Gasteiger partial charge in [0.25, 0.3) is 0 Å². The Morgan fingerprint density at radius 3 is 0.768 bits per heavy atom. The highest BCUT2D eigenvalue weighted by molar-refractivity contribution is 7.47. The van der Waals surface area contributed by atoms with Crippen LogP contribution in [0.15, 0.2) is 0 Å². The van der Waals surface area contributed by atoms with Crippen molar-refractivity contribution in [1.29, 1.82) is 0 Å². The molecule has 17 nitrogen and oxygen atoms in total. The monoisotopic (exact) mass is 1450 g/mol. The first-order valence-corrected chi connectivity index (χ1v) is 44.4. The van der Waals surface area contributed by atoms with Gasteiger partial charge in [0.1, 0.15) is 19.3 Å². The molecule has 0 fully saturated rings. The van der Waals surface area contributed by atoms with Gasteiger partial charge in [0, 0.05) is 25.7 Å². The van der Waals surface area contributed by atoms with Gasteiger partial charge in [-0.3, -0.25) is 37.3 Å². The maximum atomic E-state index is 13.1. The maximum Gasteiger partial charge on any atom is 0.472 e. The number of carbonyl (C=O) groups is 4. The summed E-state index contributed by atoms with van der Waals surface area (Å²) in [6.45, 7) is 11.9. The first kappa shape index (κ1) is 97.1. The van der Waals surface area contributed by atoms with Gasteiger partial charge in [-0.1, -0.05) is 363 Å². The van der Waals surface area contributed by atoms with Gasteiger partial charge in [-0.25, -0.2) is 9.13 Å². The molecule has 6 atom stereocenters. The van der Waals surface area contributed by atoms with Crippen LogP contribution in [0.2, 0.25) is 0 Å². The largest absolute Gasteiger partial charge is 0.472 e. The molecule has 0 saturated carbocycles. The Kier molecular flexibility index (Phi) is 69.0. The first-order chi connectivity index (χ1) is 47.8. The molecule has 0 aromatic rings. The second kappa shape index (κ2) is 70.4. The van der Waals surface area contributed by atoms with Crippen LogP contribution in [0.25, 0.3) is 0 Å². The van der Waals surface area contributed by atoms with Crippen molar-refractivity contribution in [1.82, 2.24) is 0 Å². The van der Waals surface area contributed by atoms with E-state index >= 15 is 0 Å². The van der Waals surface area contributed by atoms with Crippen LogP contribution < -0.4 is 0 Å². The topological polar surface area (TPSA) is 237 Å². The molecule has 19 heteroatoms. The lowest BCUT2D eigenvalue weighted by Crippen LogP contribution is -2.30. The van der Waals surface area contributed by atoms with Crippen molar-refractivity contribution in [2.45, 2.75) is 433 Å². The number of esters is 4. The number of phosphoric acid groups is 2. The molecule has 3 unspecified atom stereocenters. The molecule has 0 aliphatic rings. The number of aliphatic hydroxyl groups excluding tert-OH is 1. The van der Waals surface area contributed by atoms with Gasteiger partial charge in [-0.2, -0.15) is 0 Å². The zero-order chi connectivity index (χ0) is 73.0. The average molecular weight is 1450 g/mol. The van der Waals surface area contributed by atoms with Gasteiger partial charge in [-0.15, -0.1) is 0 Å². The van der Waals surface area contributed by atoms with Crippen LogP contribution in [0.5, 0.6) is 0 Å². The molecular formula is C80H156O17P2. The second-order valence-corrected chi connectivity index (χ2v) is 32.9. The van der Waals surface area contributed by atoms with Gasteiger partial charge in [0.05, 0.1) is 26.4 Å². The summed E-state index contributed by atoms with van der Waals surface area (Å²) in [7, 11) is -9.92. The molecule has 0 amide bonds. The number of hydrogen-bond acceptors (Lipinski definition) is 15. The molecule has 3 N–H and O–H groups in total. The smallest absolute Gasteiger partial charge is 0.462 e. The highest BCUT2D eigenvalue weighted by Gasteiger charge is 2.30. The number of aliphatic hydroxyl groups is 1. The van der Waals surface area contributed by atoms with Gasteiger partial charge in [0.2, 0.25) is 0 Å². The summed E-state index contributed by atoms with van der Waals surface area (Å²) in [5, 5.41) is 10.6. The highest BCUT2D eigenvalue weighted by atomic mass is 31.2. The van der Waals surface area contributed by atoms with Crippen molar-refractivity contribution < 1.29 is 80.2 Å². The van der Waals surface area contributed by atoms with Crippen LogP contribution in [0.1, 0.15) is 414 Å². The number of carbonyl (C=O) groups excluding carboxylic acids is 4. The van der Waals surface area contributed by atoms with Crippen LogP contribution in [0.4, 0.5) is 0 Å². The molecule has 0 spiro atoms. The lowest BCUT2D eigenvalue weighted by molar-refractivity contribution is -0.161. The highest BCUT2D eigenvalue weighted by Crippen LogP contribution is 2.45. The standard InChI is InChI=1S/C80H156O17P2/c1-8-10-11-12-13-14-15-16-17-18-19-20-25-28-33-42-49-56-63-79(84)96-75(67-90-77(82)61-54-47-40-32-27-24-22-21-23-26-30-37-44-51-58-71(3)4)69-94-98(86,87)92-65-74(81)66-93-99(88,89)95-70-76(97-80(85)64-57-50-43-34-29-31-38-45-52-59-72(5)6)68-91-78(83)62-55-48-41-36-35-39-46-53-60-73(7)9-2/h71-76,81H,8-70H2,1-7H3,(H,86,87)(H,88,89)/t73?,74-,75-,76-/m1/s1. The van der Waals surface area contributed by atoms with Gasteiger partial charge in [-0.05, 0) is 43.4 Å². The molecule has 588 valence electrons. The molecule has 0 aromatic carbocycles. The number of hydrogen-bond donors (Lipinski definition) is 3. The van der Waals surface area contributed by atoms with E-state index in [1.165, 1.54) is 225 Å². The maximum absolute atomic E-state index is 13.1. The Balaban J connectivity index is 5.26. The van der Waals surface area contributed by atoms with Gasteiger partial charge >= 0.3 is 39.5 Å². The predicted octanol–water partition coefficient (Wildman–Crippen LogP) is 23.7. The van der Waals surface area contributed by atoms with E-state index in [-0.39, 0.29) is 25.7 Å². The summed E-state index contributed by atoms with van der Waals surface area (Å²) in [5.74, 6) is 0.200. The van der Waals surface area contributed by atoms with Crippen LogP contribution in [0, 0.1) is 17.8 Å². The first-order valence-electron chi connectivity index (χ1n) is 41.4. The van der Waals surface area contributed by atoms with E-state index in [2.05, 4.69) is 48.5 Å². The summed E-state index contributed by atoms with van der Waals surface area (Å²) in [5.41, 5.74) is 0. The Morgan fingerprint density at radius 1 is 0.293 bits per heavy atom. The van der Waals surface area contributed by atoms with Crippen molar-refractivity contribution in [2.75, 3.05) is 39.6 Å². The SMILES string of the molecule is CCCCCCCCCCCCCCCCCCCCC(=O)O[C@H](COC(=O)CCCCCCCCCCCCCCCCC(C)C)COP(=O)(O)OC[C@@H](O)COP(=O)(O)OC[C@@H](COC(=O)CCCCCCCCCCC(C)CC)OC(=O)CCCCCCCCCCCC(C)C. The fraction of sp³-hybridized carbons (Fsp3) is 0.950. The molecule has 0 heterocycles. The second-order valence-electron chi connectivity index (χ2n) is 30.0. The van der Waals surface area contributed by atoms with Gasteiger partial charge < -0.3 is 33.8 Å². The van der Waals surface area contributed by atoms with E-state index in [1.807, 2.05) is 0 Å². The third kappa shape index (κ3) is 72.8. The molecule has 0 saturated heterocycles.